The molecule has 8 heteroatoms. The lowest BCUT2D eigenvalue weighted by Crippen LogP contribution is -2.31. The van der Waals surface area contributed by atoms with Crippen LogP contribution in [0, 0.1) is 5.92 Å². The van der Waals surface area contributed by atoms with Gasteiger partial charge in [0.25, 0.3) is 0 Å². The summed E-state index contributed by atoms with van der Waals surface area (Å²) in [7, 11) is 0. The Labute approximate surface area is 193 Å². The first-order valence-corrected chi connectivity index (χ1v) is 12.3. The van der Waals surface area contributed by atoms with Crippen molar-refractivity contribution in [3.05, 3.63) is 48.0 Å². The SMILES string of the molecule is C=O.CC.O=C(Nc1nc2cccc(-c3ccc(CN4CCSCC4)cc3)n2n1)C1CC1. The number of thioether (sulfide) groups is 1. The van der Waals surface area contributed by atoms with Gasteiger partial charge in [0, 0.05) is 42.6 Å². The molecule has 1 N–H and O–H groups in total. The molecule has 0 spiro atoms. The lowest BCUT2D eigenvalue weighted by atomic mass is 10.1. The zero-order chi connectivity index (χ0) is 22.9. The molecule has 0 radical (unpaired) electrons. The Kier molecular flexibility index (Phi) is 8.81. The smallest absolute Gasteiger partial charge is 0.249 e. The van der Waals surface area contributed by atoms with Gasteiger partial charge in [-0.25, -0.2) is 4.52 Å². The normalized spacial score (nSPS) is 15.8. The molecule has 2 aliphatic rings. The van der Waals surface area contributed by atoms with E-state index in [2.05, 4.69) is 44.6 Å². The van der Waals surface area contributed by atoms with E-state index in [9.17, 15) is 4.79 Å². The topological polar surface area (TPSA) is 79.6 Å². The molecule has 7 nitrogen and oxygen atoms in total. The van der Waals surface area contributed by atoms with Gasteiger partial charge in [0.2, 0.25) is 11.9 Å². The summed E-state index contributed by atoms with van der Waals surface area (Å²) in [6.07, 6.45) is 1.93. The number of pyridine rings is 1. The second-order valence-electron chi connectivity index (χ2n) is 7.47. The summed E-state index contributed by atoms with van der Waals surface area (Å²) in [5.41, 5.74) is 4.13. The molecule has 1 aliphatic carbocycles. The van der Waals surface area contributed by atoms with Gasteiger partial charge >= 0.3 is 0 Å². The third-order valence-corrected chi connectivity index (χ3v) is 6.24. The molecule has 1 saturated carbocycles. The van der Waals surface area contributed by atoms with E-state index in [0.29, 0.717) is 5.95 Å². The van der Waals surface area contributed by atoms with Gasteiger partial charge < -0.3 is 4.79 Å². The number of aromatic nitrogens is 3. The largest absolute Gasteiger partial charge is 0.307 e. The maximum absolute atomic E-state index is 12.0. The molecule has 1 saturated heterocycles. The Bertz CT molecular complexity index is 1010. The highest BCUT2D eigenvalue weighted by molar-refractivity contribution is 7.99. The summed E-state index contributed by atoms with van der Waals surface area (Å²) < 4.78 is 1.80. The number of carbonyl (C=O) groups is 2. The Morgan fingerprint density at radius 3 is 2.44 bits per heavy atom. The van der Waals surface area contributed by atoms with Gasteiger partial charge in [0.05, 0.1) is 5.69 Å². The highest BCUT2D eigenvalue weighted by Gasteiger charge is 2.30. The van der Waals surface area contributed by atoms with Crippen molar-refractivity contribution < 1.29 is 9.59 Å². The van der Waals surface area contributed by atoms with Crippen molar-refractivity contribution in [3.63, 3.8) is 0 Å². The number of hydrogen-bond donors (Lipinski definition) is 1. The average molecular weight is 454 g/mol. The van der Waals surface area contributed by atoms with Crippen molar-refractivity contribution in [1.82, 2.24) is 19.5 Å². The molecule has 1 aliphatic heterocycles. The number of benzene rings is 1. The van der Waals surface area contributed by atoms with E-state index in [1.165, 1.54) is 30.2 Å². The van der Waals surface area contributed by atoms with Crippen LogP contribution in [-0.2, 0) is 16.1 Å². The first kappa shape index (κ1) is 23.9. The predicted octanol–water partition coefficient (Wildman–Crippen LogP) is 4.13. The van der Waals surface area contributed by atoms with Gasteiger partial charge in [0.15, 0.2) is 5.65 Å². The minimum absolute atomic E-state index is 0.0259. The van der Waals surface area contributed by atoms with Crippen molar-refractivity contribution in [2.24, 2.45) is 5.92 Å². The monoisotopic (exact) mass is 453 g/mol. The van der Waals surface area contributed by atoms with Crippen LogP contribution in [-0.4, -0.2) is 56.8 Å². The Morgan fingerprint density at radius 1 is 1.09 bits per heavy atom. The number of nitrogens with zero attached hydrogens (tertiary/aromatic N) is 4. The minimum atomic E-state index is 0.0259. The van der Waals surface area contributed by atoms with Crippen LogP contribution in [0.2, 0.25) is 0 Å². The standard InChI is InChI=1S/C21H23N5OS.C2H6.CH2O/c27-20(17-8-9-17)23-21-22-19-3-1-2-18(26(19)24-21)16-6-4-15(5-7-16)14-25-10-12-28-13-11-25;2*1-2/h1-7,17H,8-14H2,(H,23,24,27);1-2H3;1H2. The van der Waals surface area contributed by atoms with Crippen molar-refractivity contribution in [1.29, 1.82) is 0 Å². The van der Waals surface area contributed by atoms with Crippen molar-refractivity contribution in [2.45, 2.75) is 33.2 Å². The second-order valence-corrected chi connectivity index (χ2v) is 8.69. The Hall–Kier alpha value is -2.71. The fraction of sp³-hybridized carbons (Fsp3) is 0.417. The van der Waals surface area contributed by atoms with Crippen LogP contribution in [0.15, 0.2) is 42.5 Å². The van der Waals surface area contributed by atoms with Crippen LogP contribution < -0.4 is 5.32 Å². The van der Waals surface area contributed by atoms with Crippen molar-refractivity contribution in [3.8, 4) is 11.3 Å². The molecule has 170 valence electrons. The maximum atomic E-state index is 12.0. The molecule has 3 heterocycles. The van der Waals surface area contributed by atoms with Crippen LogP contribution in [0.1, 0.15) is 32.3 Å². The van der Waals surface area contributed by atoms with E-state index >= 15 is 0 Å². The summed E-state index contributed by atoms with van der Waals surface area (Å²) in [4.78, 5) is 27.0. The van der Waals surface area contributed by atoms with Gasteiger partial charge in [-0.2, -0.15) is 16.7 Å². The third-order valence-electron chi connectivity index (χ3n) is 5.30. The van der Waals surface area contributed by atoms with E-state index in [0.717, 1.165) is 36.3 Å². The number of fused-ring (bicyclic) bond motifs is 1. The maximum Gasteiger partial charge on any atom is 0.249 e. The third kappa shape index (κ3) is 5.95. The lowest BCUT2D eigenvalue weighted by molar-refractivity contribution is -0.117. The quantitative estimate of drug-likeness (QED) is 0.626. The van der Waals surface area contributed by atoms with E-state index in [-0.39, 0.29) is 11.8 Å². The average Bonchev–Trinajstić information content (AvgIpc) is 3.63. The predicted molar refractivity (Wildman–Crippen MR) is 131 cm³/mol. The highest BCUT2D eigenvalue weighted by atomic mass is 32.2. The molecule has 32 heavy (non-hydrogen) atoms. The molecule has 0 unspecified atom stereocenters. The van der Waals surface area contributed by atoms with Crippen LogP contribution in [0.5, 0.6) is 0 Å². The van der Waals surface area contributed by atoms with Gasteiger partial charge in [-0.05, 0) is 30.5 Å². The Morgan fingerprint density at radius 2 is 1.78 bits per heavy atom. The zero-order valence-corrected chi connectivity index (χ0v) is 19.6. The van der Waals surface area contributed by atoms with E-state index in [1.54, 1.807) is 4.52 Å². The Balaban J connectivity index is 0.000000686. The van der Waals surface area contributed by atoms with Crippen LogP contribution in [0.3, 0.4) is 0 Å². The summed E-state index contributed by atoms with van der Waals surface area (Å²) in [5, 5.41) is 7.36. The second kappa shape index (κ2) is 11.8. The van der Waals surface area contributed by atoms with Gasteiger partial charge in [0.1, 0.15) is 6.79 Å². The van der Waals surface area contributed by atoms with Crippen LogP contribution in [0.4, 0.5) is 5.95 Å². The van der Waals surface area contributed by atoms with Gasteiger partial charge in [-0.3, -0.25) is 15.0 Å². The van der Waals surface area contributed by atoms with Gasteiger partial charge in [-0.15, -0.1) is 5.10 Å². The fourth-order valence-electron chi connectivity index (χ4n) is 3.53. The fourth-order valence-corrected chi connectivity index (χ4v) is 4.51. The molecule has 0 atom stereocenters. The first-order valence-electron chi connectivity index (χ1n) is 11.1. The molecule has 0 bridgehead atoms. The summed E-state index contributed by atoms with van der Waals surface area (Å²) in [6.45, 7) is 9.34. The molecule has 2 aromatic heterocycles. The lowest BCUT2D eigenvalue weighted by Gasteiger charge is -2.26. The van der Waals surface area contributed by atoms with Crippen LogP contribution >= 0.6 is 11.8 Å². The highest BCUT2D eigenvalue weighted by Crippen LogP contribution is 2.30. The number of nitrogens with one attached hydrogen (secondary N) is 1. The van der Waals surface area contributed by atoms with Crippen molar-refractivity contribution in [2.75, 3.05) is 29.9 Å². The summed E-state index contributed by atoms with van der Waals surface area (Å²) in [6, 6.07) is 14.6. The molecule has 1 amide bonds. The number of carbonyl (C=O) groups excluding carboxylic acids is 2. The molecule has 3 aromatic rings. The summed E-state index contributed by atoms with van der Waals surface area (Å²) >= 11 is 2.04. The van der Waals surface area contributed by atoms with E-state index in [1.807, 2.05) is 50.6 Å². The van der Waals surface area contributed by atoms with E-state index in [4.69, 9.17) is 4.79 Å². The molecule has 5 rings (SSSR count). The van der Waals surface area contributed by atoms with Gasteiger partial charge in [-0.1, -0.05) is 44.2 Å². The number of hydrogen-bond acceptors (Lipinski definition) is 6. The number of rotatable bonds is 5. The van der Waals surface area contributed by atoms with E-state index < -0.39 is 0 Å². The van der Waals surface area contributed by atoms with Crippen LogP contribution in [0.25, 0.3) is 16.9 Å². The molecular weight excluding hydrogens is 422 g/mol. The van der Waals surface area contributed by atoms with Crippen molar-refractivity contribution >= 4 is 36.1 Å². The number of amides is 1. The number of anilines is 1. The first-order chi connectivity index (χ1) is 15.8. The minimum Gasteiger partial charge on any atom is -0.307 e. The molecular formula is C24H31N5O2S. The zero-order valence-electron chi connectivity index (χ0n) is 18.8. The summed E-state index contributed by atoms with van der Waals surface area (Å²) in [5.74, 6) is 3.00. The molecule has 1 aromatic carbocycles. The molecule has 2 fully saturated rings.